The Kier molecular flexibility index (Phi) is 4.54. The number of ether oxygens (including phenoxy) is 1. The van der Waals surface area contributed by atoms with Crippen LogP contribution in [0.25, 0.3) is 0 Å². The van der Waals surface area contributed by atoms with Crippen LogP contribution in [0.15, 0.2) is 22.7 Å². The molecular formula is C13H17BrFNO. The molecule has 2 rings (SSSR count). The summed E-state index contributed by atoms with van der Waals surface area (Å²) in [6.07, 6.45) is 2.59. The van der Waals surface area contributed by atoms with Gasteiger partial charge in [0.2, 0.25) is 0 Å². The van der Waals surface area contributed by atoms with E-state index in [1.165, 1.54) is 12.1 Å². The molecule has 1 N–H and O–H groups in total. The largest absolute Gasteiger partial charge is 0.377 e. The Balaban J connectivity index is 1.88. The highest BCUT2D eigenvalue weighted by Gasteiger charge is 2.21. The van der Waals surface area contributed by atoms with Crippen molar-refractivity contribution in [3.63, 3.8) is 0 Å². The van der Waals surface area contributed by atoms with Crippen LogP contribution in [0, 0.1) is 5.82 Å². The minimum atomic E-state index is -0.215. The average Bonchev–Trinajstić information content (AvgIpc) is 2.81. The molecule has 0 spiro atoms. The fourth-order valence-corrected chi connectivity index (χ4v) is 2.56. The van der Waals surface area contributed by atoms with Crippen LogP contribution >= 0.6 is 15.9 Å². The van der Waals surface area contributed by atoms with Gasteiger partial charge in [-0.2, -0.15) is 0 Å². The molecule has 1 saturated heterocycles. The van der Waals surface area contributed by atoms with E-state index in [1.807, 2.05) is 0 Å². The Morgan fingerprint density at radius 2 is 2.41 bits per heavy atom. The number of hydrogen-bond acceptors (Lipinski definition) is 2. The number of hydrogen-bond donors (Lipinski definition) is 1. The van der Waals surface area contributed by atoms with Crippen LogP contribution in [-0.2, 0) is 11.3 Å². The van der Waals surface area contributed by atoms with E-state index in [4.69, 9.17) is 4.74 Å². The van der Waals surface area contributed by atoms with Crippen LogP contribution in [0.4, 0.5) is 4.39 Å². The molecule has 1 aliphatic rings. The van der Waals surface area contributed by atoms with Gasteiger partial charge in [-0.25, -0.2) is 4.39 Å². The third-order valence-electron chi connectivity index (χ3n) is 3.15. The first-order valence-corrected chi connectivity index (χ1v) is 6.75. The van der Waals surface area contributed by atoms with Crippen LogP contribution in [0.5, 0.6) is 0 Å². The summed E-state index contributed by atoms with van der Waals surface area (Å²) in [4.78, 5) is 0. The second kappa shape index (κ2) is 5.94. The highest BCUT2D eigenvalue weighted by atomic mass is 79.9. The van der Waals surface area contributed by atoms with Gasteiger partial charge in [0, 0.05) is 23.7 Å². The molecule has 2 atom stereocenters. The predicted octanol–water partition coefficient (Wildman–Crippen LogP) is 3.25. The summed E-state index contributed by atoms with van der Waals surface area (Å²) >= 11 is 3.37. The van der Waals surface area contributed by atoms with Gasteiger partial charge in [-0.1, -0.05) is 22.0 Å². The van der Waals surface area contributed by atoms with E-state index in [-0.39, 0.29) is 5.82 Å². The van der Waals surface area contributed by atoms with Gasteiger partial charge < -0.3 is 10.1 Å². The zero-order valence-corrected chi connectivity index (χ0v) is 11.5. The second-order valence-electron chi connectivity index (χ2n) is 4.46. The van der Waals surface area contributed by atoms with Gasteiger partial charge in [-0.05, 0) is 37.5 Å². The molecule has 4 heteroatoms. The molecule has 0 saturated carbocycles. The Morgan fingerprint density at radius 1 is 1.59 bits per heavy atom. The van der Waals surface area contributed by atoms with Gasteiger partial charge in [0.25, 0.3) is 0 Å². The fraction of sp³-hybridized carbons (Fsp3) is 0.538. The molecule has 2 unspecified atom stereocenters. The lowest BCUT2D eigenvalue weighted by Crippen LogP contribution is -2.36. The van der Waals surface area contributed by atoms with Gasteiger partial charge in [-0.3, -0.25) is 0 Å². The summed E-state index contributed by atoms with van der Waals surface area (Å²) in [6, 6.07) is 5.11. The van der Waals surface area contributed by atoms with Gasteiger partial charge in [0.05, 0.1) is 6.10 Å². The van der Waals surface area contributed by atoms with E-state index in [9.17, 15) is 4.39 Å². The van der Waals surface area contributed by atoms with E-state index in [0.717, 1.165) is 36.0 Å². The maximum atomic E-state index is 12.9. The second-order valence-corrected chi connectivity index (χ2v) is 5.31. The fourth-order valence-electron chi connectivity index (χ4n) is 2.06. The van der Waals surface area contributed by atoms with Crippen molar-refractivity contribution in [2.24, 2.45) is 0 Å². The van der Waals surface area contributed by atoms with E-state index in [0.29, 0.717) is 12.1 Å². The Hall–Kier alpha value is -0.450. The molecule has 0 bridgehead atoms. The van der Waals surface area contributed by atoms with E-state index < -0.39 is 0 Å². The number of halogens is 2. The maximum absolute atomic E-state index is 12.9. The van der Waals surface area contributed by atoms with E-state index >= 15 is 0 Å². The van der Waals surface area contributed by atoms with Crippen LogP contribution in [0.1, 0.15) is 25.3 Å². The summed E-state index contributed by atoms with van der Waals surface area (Å²) in [5.74, 6) is -0.215. The maximum Gasteiger partial charge on any atom is 0.124 e. The minimum Gasteiger partial charge on any atom is -0.377 e. The first-order valence-electron chi connectivity index (χ1n) is 5.96. The molecule has 94 valence electrons. The lowest BCUT2D eigenvalue weighted by molar-refractivity contribution is 0.0832. The summed E-state index contributed by atoms with van der Waals surface area (Å²) in [6.45, 7) is 3.73. The third kappa shape index (κ3) is 3.50. The van der Waals surface area contributed by atoms with Crippen molar-refractivity contribution in [1.29, 1.82) is 0 Å². The van der Waals surface area contributed by atoms with Gasteiger partial charge in [0.1, 0.15) is 5.82 Å². The summed E-state index contributed by atoms with van der Waals surface area (Å²) in [7, 11) is 0. The van der Waals surface area contributed by atoms with Crippen LogP contribution in [-0.4, -0.2) is 18.8 Å². The predicted molar refractivity (Wildman–Crippen MR) is 69.4 cm³/mol. The van der Waals surface area contributed by atoms with Crippen LogP contribution in [0.2, 0.25) is 0 Å². The van der Waals surface area contributed by atoms with Crippen molar-refractivity contribution in [2.75, 3.05) is 6.61 Å². The van der Waals surface area contributed by atoms with Crippen molar-refractivity contribution < 1.29 is 9.13 Å². The molecule has 1 aliphatic heterocycles. The standard InChI is InChI=1S/C13H17BrFNO/c1-9(13-3-2-6-17-13)16-8-10-4-5-11(15)7-12(10)14/h4-5,7,9,13,16H,2-3,6,8H2,1H3. The van der Waals surface area contributed by atoms with Gasteiger partial charge >= 0.3 is 0 Å². The first kappa shape index (κ1) is 13.0. The minimum absolute atomic E-state index is 0.215. The molecule has 1 aromatic carbocycles. The molecular weight excluding hydrogens is 285 g/mol. The van der Waals surface area contributed by atoms with E-state index in [2.05, 4.69) is 28.2 Å². The van der Waals surface area contributed by atoms with Gasteiger partial charge in [-0.15, -0.1) is 0 Å². The van der Waals surface area contributed by atoms with Crippen LogP contribution < -0.4 is 5.32 Å². The molecule has 0 aliphatic carbocycles. The highest BCUT2D eigenvalue weighted by molar-refractivity contribution is 9.10. The molecule has 1 heterocycles. The molecule has 1 fully saturated rings. The lowest BCUT2D eigenvalue weighted by atomic mass is 10.1. The molecule has 2 nitrogen and oxygen atoms in total. The van der Waals surface area contributed by atoms with Crippen molar-refractivity contribution in [1.82, 2.24) is 5.32 Å². The van der Waals surface area contributed by atoms with Crippen LogP contribution in [0.3, 0.4) is 0 Å². The topological polar surface area (TPSA) is 21.3 Å². The lowest BCUT2D eigenvalue weighted by Gasteiger charge is -2.20. The van der Waals surface area contributed by atoms with Gasteiger partial charge in [0.15, 0.2) is 0 Å². The highest BCUT2D eigenvalue weighted by Crippen LogP contribution is 2.19. The SMILES string of the molecule is CC(NCc1ccc(F)cc1Br)C1CCCO1. The molecule has 0 amide bonds. The van der Waals surface area contributed by atoms with E-state index in [1.54, 1.807) is 6.07 Å². The smallest absolute Gasteiger partial charge is 0.124 e. The third-order valence-corrected chi connectivity index (χ3v) is 3.89. The Morgan fingerprint density at radius 3 is 3.06 bits per heavy atom. The average molecular weight is 302 g/mol. The Labute approximate surface area is 110 Å². The van der Waals surface area contributed by atoms with Crippen molar-refractivity contribution in [3.8, 4) is 0 Å². The summed E-state index contributed by atoms with van der Waals surface area (Å²) < 4.78 is 19.3. The zero-order chi connectivity index (χ0) is 12.3. The number of rotatable bonds is 4. The number of benzene rings is 1. The normalized spacial score (nSPS) is 21.7. The summed E-state index contributed by atoms with van der Waals surface area (Å²) in [5.41, 5.74) is 1.07. The summed E-state index contributed by atoms with van der Waals surface area (Å²) in [5, 5.41) is 3.42. The molecule has 17 heavy (non-hydrogen) atoms. The Bertz CT molecular complexity index is 380. The zero-order valence-electron chi connectivity index (χ0n) is 9.88. The van der Waals surface area contributed by atoms with Crippen molar-refractivity contribution >= 4 is 15.9 Å². The van der Waals surface area contributed by atoms with Crippen molar-refractivity contribution in [3.05, 3.63) is 34.1 Å². The van der Waals surface area contributed by atoms with Crippen molar-refractivity contribution in [2.45, 2.75) is 38.5 Å². The molecule has 1 aromatic rings. The quantitative estimate of drug-likeness (QED) is 0.922. The molecule has 0 radical (unpaired) electrons. The molecule has 0 aromatic heterocycles. The number of nitrogens with one attached hydrogen (secondary N) is 1. The monoisotopic (exact) mass is 301 g/mol. The first-order chi connectivity index (χ1) is 8.16.